The molecule has 2 atom stereocenters. The van der Waals surface area contributed by atoms with Crippen LogP contribution in [0.25, 0.3) is 28.1 Å². The van der Waals surface area contributed by atoms with Gasteiger partial charge in [0.1, 0.15) is 23.6 Å². The number of hydrogen-bond acceptors (Lipinski definition) is 6. The molecule has 30 heavy (non-hydrogen) atoms. The number of benzene rings is 1. The summed E-state index contributed by atoms with van der Waals surface area (Å²) in [4.78, 5) is 22.6. The maximum Gasteiger partial charge on any atom is 0.278 e. The normalized spacial score (nSPS) is 19.7. The lowest BCUT2D eigenvalue weighted by atomic mass is 10.1. The topological polar surface area (TPSA) is 87.5 Å². The Balaban J connectivity index is 1.69. The summed E-state index contributed by atoms with van der Waals surface area (Å²) in [6.07, 6.45) is 4.01. The third-order valence-corrected chi connectivity index (χ3v) is 6.02. The number of para-hydroxylation sites is 2. The van der Waals surface area contributed by atoms with Crippen molar-refractivity contribution in [2.24, 2.45) is 0 Å². The second kappa shape index (κ2) is 6.77. The van der Waals surface area contributed by atoms with Crippen LogP contribution in [0.3, 0.4) is 0 Å². The summed E-state index contributed by atoms with van der Waals surface area (Å²) in [6, 6.07) is 7.90. The molecule has 4 heterocycles. The first kappa shape index (κ1) is 19.0. The van der Waals surface area contributed by atoms with Gasteiger partial charge in [0.15, 0.2) is 0 Å². The molecular formula is C22H25N5O3. The van der Waals surface area contributed by atoms with E-state index in [1.165, 1.54) is 0 Å². The van der Waals surface area contributed by atoms with E-state index in [9.17, 15) is 4.79 Å². The van der Waals surface area contributed by atoms with Crippen molar-refractivity contribution in [3.63, 3.8) is 0 Å². The molecule has 1 aromatic carbocycles. The van der Waals surface area contributed by atoms with Gasteiger partial charge in [-0.25, -0.2) is 4.98 Å². The molecule has 5 rings (SSSR count). The Morgan fingerprint density at radius 2 is 2.03 bits per heavy atom. The lowest BCUT2D eigenvalue weighted by Gasteiger charge is -2.17. The van der Waals surface area contributed by atoms with E-state index >= 15 is 0 Å². The third-order valence-electron chi connectivity index (χ3n) is 6.02. The molecule has 0 radical (unpaired) electrons. The van der Waals surface area contributed by atoms with Crippen molar-refractivity contribution in [1.82, 2.24) is 24.1 Å². The smallest absolute Gasteiger partial charge is 0.278 e. The average molecular weight is 407 g/mol. The highest BCUT2D eigenvalue weighted by molar-refractivity contribution is 5.83. The molecule has 0 N–H and O–H groups in total. The monoisotopic (exact) mass is 407 g/mol. The first-order valence-electron chi connectivity index (χ1n) is 10.4. The lowest BCUT2D eigenvalue weighted by Crippen LogP contribution is -2.25. The largest absolute Gasteiger partial charge is 0.363 e. The van der Waals surface area contributed by atoms with Gasteiger partial charge in [-0.3, -0.25) is 9.20 Å². The summed E-state index contributed by atoms with van der Waals surface area (Å²) in [5.41, 5.74) is 2.35. The Labute approximate surface area is 173 Å². The highest BCUT2D eigenvalue weighted by Crippen LogP contribution is 2.38. The number of hydrogen-bond donors (Lipinski definition) is 0. The molecule has 2 unspecified atom stereocenters. The van der Waals surface area contributed by atoms with Crippen molar-refractivity contribution < 1.29 is 9.26 Å². The maximum atomic E-state index is 13.5. The van der Waals surface area contributed by atoms with E-state index in [1.54, 1.807) is 6.33 Å². The van der Waals surface area contributed by atoms with Gasteiger partial charge in [0.25, 0.3) is 11.4 Å². The SMILES string of the molecule is CCC(C)n1c(=O)c2c(-c3noc(C4CCC(C)(C)O4)n3)ncn2c2ccccc21. The van der Waals surface area contributed by atoms with Crippen LogP contribution in [-0.4, -0.2) is 29.7 Å². The molecule has 0 bridgehead atoms. The second-order valence-corrected chi connectivity index (χ2v) is 8.59. The summed E-state index contributed by atoms with van der Waals surface area (Å²) in [6.45, 7) is 8.22. The predicted octanol–water partition coefficient (Wildman–Crippen LogP) is 4.30. The van der Waals surface area contributed by atoms with E-state index in [4.69, 9.17) is 9.26 Å². The molecule has 1 fully saturated rings. The molecule has 0 spiro atoms. The van der Waals surface area contributed by atoms with E-state index in [2.05, 4.69) is 35.9 Å². The lowest BCUT2D eigenvalue weighted by molar-refractivity contribution is -0.0292. The van der Waals surface area contributed by atoms with Crippen LogP contribution in [-0.2, 0) is 4.74 Å². The summed E-state index contributed by atoms with van der Waals surface area (Å²) >= 11 is 0. The molecule has 1 aliphatic rings. The van der Waals surface area contributed by atoms with Gasteiger partial charge in [-0.15, -0.1) is 0 Å². The molecule has 3 aromatic heterocycles. The Bertz CT molecular complexity index is 1300. The van der Waals surface area contributed by atoms with Crippen LogP contribution in [0.5, 0.6) is 0 Å². The minimum atomic E-state index is -0.229. The molecule has 8 nitrogen and oxygen atoms in total. The quantitative estimate of drug-likeness (QED) is 0.501. The highest BCUT2D eigenvalue weighted by atomic mass is 16.5. The standard InChI is InChI=1S/C22H25N5O3/c1-5-13(2)27-15-9-7-6-8-14(15)26-12-23-17(18(26)21(27)28)19-24-20(30-25-19)16-10-11-22(3,4)29-16/h6-9,12-13,16H,5,10-11H2,1-4H3. The number of nitrogens with zero attached hydrogens (tertiary/aromatic N) is 5. The number of aromatic nitrogens is 5. The highest BCUT2D eigenvalue weighted by Gasteiger charge is 2.36. The number of fused-ring (bicyclic) bond motifs is 3. The summed E-state index contributed by atoms with van der Waals surface area (Å²) in [7, 11) is 0. The fourth-order valence-corrected chi connectivity index (χ4v) is 4.23. The van der Waals surface area contributed by atoms with Crippen molar-refractivity contribution in [2.75, 3.05) is 0 Å². The van der Waals surface area contributed by atoms with E-state index in [0.29, 0.717) is 22.9 Å². The van der Waals surface area contributed by atoms with Crippen LogP contribution >= 0.6 is 0 Å². The molecule has 1 aliphatic heterocycles. The fraction of sp³-hybridized carbons (Fsp3) is 0.455. The number of imidazole rings is 1. The van der Waals surface area contributed by atoms with Gasteiger partial charge in [-0.1, -0.05) is 24.2 Å². The molecule has 0 saturated carbocycles. The number of rotatable bonds is 4. The van der Waals surface area contributed by atoms with Gasteiger partial charge in [0, 0.05) is 6.04 Å². The van der Waals surface area contributed by atoms with E-state index < -0.39 is 0 Å². The van der Waals surface area contributed by atoms with Crippen LogP contribution in [0, 0.1) is 0 Å². The van der Waals surface area contributed by atoms with Crippen LogP contribution < -0.4 is 5.56 Å². The van der Waals surface area contributed by atoms with Gasteiger partial charge in [0.2, 0.25) is 5.82 Å². The Morgan fingerprint density at radius 3 is 2.73 bits per heavy atom. The van der Waals surface area contributed by atoms with E-state index in [1.807, 2.05) is 40.2 Å². The van der Waals surface area contributed by atoms with Crippen molar-refractivity contribution in [3.05, 3.63) is 46.8 Å². The molecule has 8 heteroatoms. The van der Waals surface area contributed by atoms with Crippen molar-refractivity contribution >= 4 is 16.6 Å². The summed E-state index contributed by atoms with van der Waals surface area (Å²) < 4.78 is 15.2. The third kappa shape index (κ3) is 2.86. The maximum absolute atomic E-state index is 13.5. The Morgan fingerprint density at radius 1 is 1.27 bits per heavy atom. The number of ether oxygens (including phenoxy) is 1. The van der Waals surface area contributed by atoms with E-state index in [-0.39, 0.29) is 23.3 Å². The molecule has 4 aromatic rings. The predicted molar refractivity (Wildman–Crippen MR) is 112 cm³/mol. The van der Waals surface area contributed by atoms with Crippen LogP contribution in [0.4, 0.5) is 0 Å². The van der Waals surface area contributed by atoms with Crippen LogP contribution in [0.15, 0.2) is 39.9 Å². The minimum Gasteiger partial charge on any atom is -0.363 e. The minimum absolute atomic E-state index is 0.0464. The van der Waals surface area contributed by atoms with Crippen molar-refractivity contribution in [1.29, 1.82) is 0 Å². The second-order valence-electron chi connectivity index (χ2n) is 8.59. The zero-order valence-electron chi connectivity index (χ0n) is 17.6. The molecular weight excluding hydrogens is 382 g/mol. The zero-order valence-corrected chi connectivity index (χ0v) is 17.6. The van der Waals surface area contributed by atoms with Gasteiger partial charge in [-0.2, -0.15) is 4.98 Å². The molecule has 1 saturated heterocycles. The first-order chi connectivity index (χ1) is 14.4. The first-order valence-corrected chi connectivity index (χ1v) is 10.4. The van der Waals surface area contributed by atoms with Gasteiger partial charge >= 0.3 is 0 Å². The van der Waals surface area contributed by atoms with E-state index in [0.717, 1.165) is 30.3 Å². The summed E-state index contributed by atoms with van der Waals surface area (Å²) in [5, 5.41) is 4.13. The van der Waals surface area contributed by atoms with Gasteiger partial charge in [0.05, 0.1) is 16.6 Å². The average Bonchev–Trinajstić information content (AvgIpc) is 3.45. The Kier molecular flexibility index (Phi) is 4.28. The molecule has 156 valence electrons. The van der Waals surface area contributed by atoms with Crippen LogP contribution in [0.1, 0.15) is 65.0 Å². The summed E-state index contributed by atoms with van der Waals surface area (Å²) in [5.74, 6) is 0.739. The van der Waals surface area contributed by atoms with Gasteiger partial charge in [-0.05, 0) is 52.2 Å². The molecule has 0 aliphatic carbocycles. The fourth-order valence-electron chi connectivity index (χ4n) is 4.23. The van der Waals surface area contributed by atoms with Crippen LogP contribution in [0.2, 0.25) is 0 Å². The van der Waals surface area contributed by atoms with Gasteiger partial charge < -0.3 is 13.8 Å². The Hall–Kier alpha value is -3.00. The zero-order chi connectivity index (χ0) is 21.0. The molecule has 0 amide bonds. The van der Waals surface area contributed by atoms with Crippen molar-refractivity contribution in [3.8, 4) is 11.5 Å². The van der Waals surface area contributed by atoms with Crippen molar-refractivity contribution in [2.45, 2.75) is 64.7 Å².